The van der Waals surface area contributed by atoms with Crippen LogP contribution in [0.2, 0.25) is 0 Å². The third-order valence-electron chi connectivity index (χ3n) is 2.77. The average molecular weight is 303 g/mol. The molecule has 4 N–H and O–H groups in total. The summed E-state index contributed by atoms with van der Waals surface area (Å²) in [4.78, 5) is 23.3. The first-order chi connectivity index (χ1) is 9.95. The molecule has 2 aromatic rings. The van der Waals surface area contributed by atoms with E-state index in [1.54, 1.807) is 36.4 Å². The highest BCUT2D eigenvalue weighted by atomic mass is 32.2. The Morgan fingerprint density at radius 2 is 1.62 bits per heavy atom. The highest BCUT2D eigenvalue weighted by Crippen LogP contribution is 2.30. The van der Waals surface area contributed by atoms with Crippen molar-refractivity contribution in [3.8, 4) is 0 Å². The van der Waals surface area contributed by atoms with E-state index in [1.807, 2.05) is 0 Å². The Balaban J connectivity index is 2.16. The lowest BCUT2D eigenvalue weighted by Crippen LogP contribution is -2.02. The van der Waals surface area contributed by atoms with Gasteiger partial charge in [0.25, 0.3) is 0 Å². The average Bonchev–Trinajstić information content (AvgIpc) is 2.42. The number of nitrogens with two attached hydrogens (primary N) is 1. The summed E-state index contributed by atoms with van der Waals surface area (Å²) < 4.78 is 0. The van der Waals surface area contributed by atoms with E-state index in [-0.39, 0.29) is 17.7 Å². The second-order valence-electron chi connectivity index (χ2n) is 4.37. The number of rotatable bonds is 5. The number of aromatic carboxylic acids is 1. The molecular weight excluding hydrogens is 290 g/mol. The topological polar surface area (TPSA) is 101 Å². The molecule has 0 saturated carbocycles. The number of hydrogen-bond donors (Lipinski definition) is 3. The van der Waals surface area contributed by atoms with Crippen LogP contribution in [0.25, 0.3) is 0 Å². The SMILES string of the molecule is Nc1ccc(Sc2ccc(CC(=O)O)cc2)cc1C(=O)O. The normalized spacial score (nSPS) is 10.3. The summed E-state index contributed by atoms with van der Waals surface area (Å²) in [5, 5.41) is 17.7. The molecule has 0 bridgehead atoms. The molecule has 0 aliphatic carbocycles. The summed E-state index contributed by atoms with van der Waals surface area (Å²) >= 11 is 1.39. The summed E-state index contributed by atoms with van der Waals surface area (Å²) in [7, 11) is 0. The van der Waals surface area contributed by atoms with Crippen LogP contribution < -0.4 is 5.73 Å². The minimum Gasteiger partial charge on any atom is -0.481 e. The fourth-order valence-corrected chi connectivity index (χ4v) is 2.63. The number of nitrogen functional groups attached to an aromatic ring is 1. The van der Waals surface area contributed by atoms with Gasteiger partial charge in [-0.25, -0.2) is 4.79 Å². The second-order valence-corrected chi connectivity index (χ2v) is 5.52. The van der Waals surface area contributed by atoms with Crippen LogP contribution in [0.15, 0.2) is 52.3 Å². The molecule has 0 spiro atoms. The molecule has 0 fully saturated rings. The highest BCUT2D eigenvalue weighted by molar-refractivity contribution is 7.99. The minimum atomic E-state index is -1.06. The molecule has 0 atom stereocenters. The molecular formula is C15H13NO4S. The van der Waals surface area contributed by atoms with E-state index in [4.69, 9.17) is 15.9 Å². The zero-order chi connectivity index (χ0) is 15.4. The first kappa shape index (κ1) is 14.9. The van der Waals surface area contributed by atoms with Crippen LogP contribution in [-0.4, -0.2) is 22.2 Å². The van der Waals surface area contributed by atoms with Gasteiger partial charge in [-0.2, -0.15) is 0 Å². The quantitative estimate of drug-likeness (QED) is 0.734. The van der Waals surface area contributed by atoms with Gasteiger partial charge < -0.3 is 15.9 Å². The number of hydrogen-bond acceptors (Lipinski definition) is 4. The molecule has 0 unspecified atom stereocenters. The van der Waals surface area contributed by atoms with Gasteiger partial charge in [-0.15, -0.1) is 0 Å². The van der Waals surface area contributed by atoms with E-state index in [1.165, 1.54) is 17.8 Å². The van der Waals surface area contributed by atoms with Gasteiger partial charge in [-0.05, 0) is 35.9 Å². The maximum Gasteiger partial charge on any atom is 0.337 e. The van der Waals surface area contributed by atoms with E-state index >= 15 is 0 Å². The van der Waals surface area contributed by atoms with Crippen LogP contribution in [0.5, 0.6) is 0 Å². The van der Waals surface area contributed by atoms with Crippen LogP contribution in [-0.2, 0) is 11.2 Å². The molecule has 6 heteroatoms. The van der Waals surface area contributed by atoms with Crippen molar-refractivity contribution in [1.29, 1.82) is 0 Å². The zero-order valence-corrected chi connectivity index (χ0v) is 11.8. The molecule has 0 aliphatic rings. The standard InChI is InChI=1S/C15H13NO4S/c16-13-6-5-11(8-12(13)15(19)20)21-10-3-1-9(2-4-10)7-14(17)18/h1-6,8H,7,16H2,(H,17,18)(H,19,20). The Bertz CT molecular complexity index is 683. The van der Waals surface area contributed by atoms with E-state index in [0.29, 0.717) is 0 Å². The smallest absolute Gasteiger partial charge is 0.337 e. The van der Waals surface area contributed by atoms with Crippen LogP contribution in [0.3, 0.4) is 0 Å². The number of aliphatic carboxylic acids is 1. The molecule has 2 aromatic carbocycles. The molecule has 0 amide bonds. The van der Waals surface area contributed by atoms with Crippen molar-refractivity contribution in [2.24, 2.45) is 0 Å². The van der Waals surface area contributed by atoms with Gasteiger partial charge in [0.05, 0.1) is 12.0 Å². The van der Waals surface area contributed by atoms with Crippen LogP contribution in [0, 0.1) is 0 Å². The maximum atomic E-state index is 11.0. The molecule has 0 aliphatic heterocycles. The van der Waals surface area contributed by atoms with Crippen molar-refractivity contribution < 1.29 is 19.8 Å². The molecule has 0 radical (unpaired) electrons. The fraction of sp³-hybridized carbons (Fsp3) is 0.0667. The predicted octanol–water partition coefficient (Wildman–Crippen LogP) is 2.75. The molecule has 108 valence electrons. The lowest BCUT2D eigenvalue weighted by Gasteiger charge is -2.06. The van der Waals surface area contributed by atoms with Gasteiger partial charge in [-0.3, -0.25) is 4.79 Å². The van der Waals surface area contributed by atoms with Gasteiger partial charge in [-0.1, -0.05) is 23.9 Å². The first-order valence-corrected chi connectivity index (χ1v) is 6.89. The van der Waals surface area contributed by atoms with E-state index in [0.717, 1.165) is 15.4 Å². The molecule has 0 heterocycles. The van der Waals surface area contributed by atoms with Crippen molar-refractivity contribution in [2.75, 3.05) is 5.73 Å². The number of carbonyl (C=O) groups is 2. The maximum absolute atomic E-state index is 11.0. The van der Waals surface area contributed by atoms with Crippen LogP contribution >= 0.6 is 11.8 Å². The summed E-state index contributed by atoms with van der Waals surface area (Å²) in [5.74, 6) is -1.94. The van der Waals surface area contributed by atoms with E-state index < -0.39 is 11.9 Å². The predicted molar refractivity (Wildman–Crippen MR) is 79.7 cm³/mol. The third-order valence-corrected chi connectivity index (χ3v) is 3.77. The minimum absolute atomic E-state index is 0.0179. The zero-order valence-electron chi connectivity index (χ0n) is 10.9. The monoisotopic (exact) mass is 303 g/mol. The molecule has 2 rings (SSSR count). The van der Waals surface area contributed by atoms with Crippen molar-refractivity contribution in [3.63, 3.8) is 0 Å². The molecule has 0 saturated heterocycles. The highest BCUT2D eigenvalue weighted by Gasteiger charge is 2.09. The van der Waals surface area contributed by atoms with Gasteiger partial charge >= 0.3 is 11.9 Å². The summed E-state index contributed by atoms with van der Waals surface area (Å²) in [6, 6.07) is 11.9. The Hall–Kier alpha value is -2.47. The second kappa shape index (κ2) is 6.32. The summed E-state index contributed by atoms with van der Waals surface area (Å²) in [5.41, 5.74) is 6.62. The van der Waals surface area contributed by atoms with Gasteiger partial charge in [0, 0.05) is 15.5 Å². The van der Waals surface area contributed by atoms with Gasteiger partial charge in [0.15, 0.2) is 0 Å². The van der Waals surface area contributed by atoms with Crippen molar-refractivity contribution in [3.05, 3.63) is 53.6 Å². The lowest BCUT2D eigenvalue weighted by molar-refractivity contribution is -0.136. The van der Waals surface area contributed by atoms with Crippen molar-refractivity contribution >= 4 is 29.4 Å². The number of carboxylic acid groups (broad SMARTS) is 2. The Morgan fingerprint density at radius 3 is 2.19 bits per heavy atom. The number of anilines is 1. The third kappa shape index (κ3) is 4.00. The summed E-state index contributed by atoms with van der Waals surface area (Å²) in [6.07, 6.45) is -0.0179. The fourth-order valence-electron chi connectivity index (χ4n) is 1.77. The van der Waals surface area contributed by atoms with Gasteiger partial charge in [0.2, 0.25) is 0 Å². The van der Waals surface area contributed by atoms with E-state index in [9.17, 15) is 9.59 Å². The molecule has 21 heavy (non-hydrogen) atoms. The lowest BCUT2D eigenvalue weighted by atomic mass is 10.2. The van der Waals surface area contributed by atoms with Crippen LogP contribution in [0.1, 0.15) is 15.9 Å². The Kier molecular flexibility index (Phi) is 4.49. The van der Waals surface area contributed by atoms with Crippen LogP contribution in [0.4, 0.5) is 5.69 Å². The molecule has 5 nitrogen and oxygen atoms in total. The Labute approximate surface area is 125 Å². The molecule has 0 aromatic heterocycles. The van der Waals surface area contributed by atoms with Crippen molar-refractivity contribution in [1.82, 2.24) is 0 Å². The summed E-state index contributed by atoms with van der Waals surface area (Å²) in [6.45, 7) is 0. The first-order valence-electron chi connectivity index (χ1n) is 6.07. The van der Waals surface area contributed by atoms with Gasteiger partial charge in [0.1, 0.15) is 0 Å². The number of carboxylic acids is 2. The number of benzene rings is 2. The largest absolute Gasteiger partial charge is 0.481 e. The van der Waals surface area contributed by atoms with E-state index in [2.05, 4.69) is 0 Å². The Morgan fingerprint density at radius 1 is 1.00 bits per heavy atom. The van der Waals surface area contributed by atoms with Crippen molar-refractivity contribution in [2.45, 2.75) is 16.2 Å².